The van der Waals surface area contributed by atoms with Crippen LogP contribution in [0.3, 0.4) is 0 Å². The number of nitrogens with one attached hydrogen (secondary N) is 1. The second-order valence-electron chi connectivity index (χ2n) is 5.01. The molecule has 0 spiro atoms. The minimum absolute atomic E-state index is 0.0473. The third-order valence-electron chi connectivity index (χ3n) is 2.81. The fourth-order valence-corrected chi connectivity index (χ4v) is 2.28. The Hall–Kier alpha value is -1.85. The van der Waals surface area contributed by atoms with Gasteiger partial charge in [0.15, 0.2) is 11.6 Å². The SMILES string of the molecule is CC(C)Oc1ccc(NC(=O)c2cc(F)c(F)cc2Cl)cc1Cl. The molecule has 0 atom stereocenters. The van der Waals surface area contributed by atoms with Crippen LogP contribution >= 0.6 is 23.2 Å². The Labute approximate surface area is 142 Å². The molecule has 0 heterocycles. The Morgan fingerprint density at radius 1 is 1.09 bits per heavy atom. The highest BCUT2D eigenvalue weighted by molar-refractivity contribution is 6.34. The maximum atomic E-state index is 13.2. The number of benzene rings is 2. The molecule has 0 fully saturated rings. The zero-order chi connectivity index (χ0) is 17.1. The molecular formula is C16H13Cl2F2NO2. The molecule has 23 heavy (non-hydrogen) atoms. The number of halogens is 4. The Morgan fingerprint density at radius 3 is 2.35 bits per heavy atom. The van der Waals surface area contributed by atoms with Crippen LogP contribution in [0.25, 0.3) is 0 Å². The van der Waals surface area contributed by atoms with E-state index in [0.29, 0.717) is 16.5 Å². The van der Waals surface area contributed by atoms with E-state index < -0.39 is 17.5 Å². The molecule has 0 aliphatic carbocycles. The molecule has 0 aliphatic heterocycles. The predicted molar refractivity (Wildman–Crippen MR) is 86.5 cm³/mol. The summed E-state index contributed by atoms with van der Waals surface area (Å²) in [4.78, 5) is 12.1. The first-order valence-electron chi connectivity index (χ1n) is 6.70. The third-order valence-corrected chi connectivity index (χ3v) is 3.42. The summed E-state index contributed by atoms with van der Waals surface area (Å²) >= 11 is 11.8. The number of amides is 1. The molecule has 2 rings (SSSR count). The molecule has 0 unspecified atom stereocenters. The van der Waals surface area contributed by atoms with E-state index in [9.17, 15) is 13.6 Å². The lowest BCUT2D eigenvalue weighted by atomic mass is 10.2. The number of hydrogen-bond donors (Lipinski definition) is 1. The van der Waals surface area contributed by atoms with E-state index in [4.69, 9.17) is 27.9 Å². The van der Waals surface area contributed by atoms with Gasteiger partial charge in [0.1, 0.15) is 5.75 Å². The molecule has 3 nitrogen and oxygen atoms in total. The lowest BCUT2D eigenvalue weighted by Crippen LogP contribution is -2.13. The van der Waals surface area contributed by atoms with Gasteiger partial charge in [-0.15, -0.1) is 0 Å². The molecule has 0 radical (unpaired) electrons. The van der Waals surface area contributed by atoms with Crippen LogP contribution in [0.15, 0.2) is 30.3 Å². The van der Waals surface area contributed by atoms with Crippen molar-refractivity contribution in [3.63, 3.8) is 0 Å². The van der Waals surface area contributed by atoms with Crippen LogP contribution in [0.1, 0.15) is 24.2 Å². The minimum atomic E-state index is -1.15. The summed E-state index contributed by atoms with van der Waals surface area (Å²) < 4.78 is 31.8. The summed E-state index contributed by atoms with van der Waals surface area (Å²) in [5, 5.41) is 2.64. The molecule has 0 aliphatic rings. The van der Waals surface area contributed by atoms with Gasteiger partial charge in [0, 0.05) is 5.69 Å². The van der Waals surface area contributed by atoms with Gasteiger partial charge >= 0.3 is 0 Å². The van der Waals surface area contributed by atoms with Crippen LogP contribution in [0.5, 0.6) is 5.75 Å². The van der Waals surface area contributed by atoms with Crippen LogP contribution in [0.4, 0.5) is 14.5 Å². The van der Waals surface area contributed by atoms with Gasteiger partial charge in [0.25, 0.3) is 5.91 Å². The van der Waals surface area contributed by atoms with Crippen LogP contribution in [0.2, 0.25) is 10.0 Å². The molecular weight excluding hydrogens is 347 g/mol. The Bertz CT molecular complexity index is 751. The lowest BCUT2D eigenvalue weighted by molar-refractivity contribution is 0.102. The number of carbonyl (C=O) groups excluding carboxylic acids is 1. The highest BCUT2D eigenvalue weighted by Gasteiger charge is 2.16. The molecule has 0 aromatic heterocycles. The zero-order valence-electron chi connectivity index (χ0n) is 12.3. The van der Waals surface area contributed by atoms with Crippen LogP contribution in [-0.2, 0) is 0 Å². The number of rotatable bonds is 4. The van der Waals surface area contributed by atoms with Gasteiger partial charge in [-0.1, -0.05) is 23.2 Å². The van der Waals surface area contributed by atoms with E-state index >= 15 is 0 Å². The molecule has 7 heteroatoms. The van der Waals surface area contributed by atoms with Crippen molar-refractivity contribution in [2.24, 2.45) is 0 Å². The van der Waals surface area contributed by atoms with Crippen LogP contribution in [-0.4, -0.2) is 12.0 Å². The molecule has 2 aromatic rings. The topological polar surface area (TPSA) is 38.3 Å². The molecule has 0 bridgehead atoms. The van der Waals surface area contributed by atoms with E-state index in [-0.39, 0.29) is 16.7 Å². The van der Waals surface area contributed by atoms with Crippen molar-refractivity contribution in [3.8, 4) is 5.75 Å². The first-order chi connectivity index (χ1) is 10.8. The molecule has 2 aromatic carbocycles. The van der Waals surface area contributed by atoms with Gasteiger partial charge in [-0.05, 0) is 44.2 Å². The second-order valence-corrected chi connectivity index (χ2v) is 5.83. The van der Waals surface area contributed by atoms with E-state index in [1.165, 1.54) is 6.07 Å². The van der Waals surface area contributed by atoms with E-state index in [2.05, 4.69) is 5.32 Å². The second kappa shape index (κ2) is 7.15. The van der Waals surface area contributed by atoms with Crippen molar-refractivity contribution in [2.45, 2.75) is 20.0 Å². The van der Waals surface area contributed by atoms with Crippen molar-refractivity contribution < 1.29 is 18.3 Å². The zero-order valence-corrected chi connectivity index (χ0v) is 13.8. The normalized spacial score (nSPS) is 10.7. The number of ether oxygens (including phenoxy) is 1. The number of hydrogen-bond acceptors (Lipinski definition) is 2. The minimum Gasteiger partial charge on any atom is -0.489 e. The van der Waals surface area contributed by atoms with Gasteiger partial charge in [-0.2, -0.15) is 0 Å². The summed E-state index contributed by atoms with van der Waals surface area (Å²) in [5.74, 6) is -2.48. The maximum Gasteiger partial charge on any atom is 0.257 e. The lowest BCUT2D eigenvalue weighted by Gasteiger charge is -2.13. The smallest absolute Gasteiger partial charge is 0.257 e. The van der Waals surface area contributed by atoms with Gasteiger partial charge in [0.2, 0.25) is 0 Å². The summed E-state index contributed by atoms with van der Waals surface area (Å²) in [6.07, 6.45) is -0.0473. The average Bonchev–Trinajstić information content (AvgIpc) is 2.45. The first-order valence-corrected chi connectivity index (χ1v) is 7.45. The Balaban J connectivity index is 2.21. The van der Waals surface area contributed by atoms with E-state index in [1.54, 1.807) is 12.1 Å². The quantitative estimate of drug-likeness (QED) is 0.751. The summed E-state index contributed by atoms with van der Waals surface area (Å²) in [5.41, 5.74) is 0.195. The van der Waals surface area contributed by atoms with E-state index in [0.717, 1.165) is 12.1 Å². The van der Waals surface area contributed by atoms with Gasteiger partial charge < -0.3 is 10.1 Å². The molecule has 1 amide bonds. The van der Waals surface area contributed by atoms with E-state index in [1.807, 2.05) is 13.8 Å². The van der Waals surface area contributed by atoms with Crippen molar-refractivity contribution in [1.82, 2.24) is 0 Å². The van der Waals surface area contributed by atoms with Gasteiger partial charge in [-0.3, -0.25) is 4.79 Å². The third kappa shape index (κ3) is 4.33. The Morgan fingerprint density at radius 2 is 1.74 bits per heavy atom. The summed E-state index contributed by atoms with van der Waals surface area (Å²) in [6.45, 7) is 3.72. The molecule has 0 saturated carbocycles. The van der Waals surface area contributed by atoms with Crippen molar-refractivity contribution >= 4 is 34.8 Å². The molecule has 1 N–H and O–H groups in total. The van der Waals surface area contributed by atoms with Crippen LogP contribution < -0.4 is 10.1 Å². The van der Waals surface area contributed by atoms with Gasteiger partial charge in [-0.25, -0.2) is 8.78 Å². The number of carbonyl (C=O) groups is 1. The fourth-order valence-electron chi connectivity index (χ4n) is 1.82. The molecule has 0 saturated heterocycles. The summed E-state index contributed by atoms with van der Waals surface area (Å²) in [7, 11) is 0. The monoisotopic (exact) mass is 359 g/mol. The largest absolute Gasteiger partial charge is 0.489 e. The fraction of sp³-hybridized carbons (Fsp3) is 0.188. The van der Waals surface area contributed by atoms with Crippen molar-refractivity contribution in [3.05, 3.63) is 57.6 Å². The van der Waals surface area contributed by atoms with Crippen molar-refractivity contribution in [2.75, 3.05) is 5.32 Å². The van der Waals surface area contributed by atoms with Crippen molar-refractivity contribution in [1.29, 1.82) is 0 Å². The standard InChI is InChI=1S/C16H13Cl2F2NO2/c1-8(2)23-15-4-3-9(5-12(15)18)21-16(22)10-6-13(19)14(20)7-11(10)17/h3-8H,1-2H3,(H,21,22). The maximum absolute atomic E-state index is 13.2. The highest BCUT2D eigenvalue weighted by atomic mass is 35.5. The first kappa shape index (κ1) is 17.5. The average molecular weight is 360 g/mol. The van der Waals surface area contributed by atoms with Gasteiger partial charge in [0.05, 0.1) is 21.7 Å². The molecule has 122 valence electrons. The van der Waals surface area contributed by atoms with Crippen LogP contribution in [0, 0.1) is 11.6 Å². The number of anilines is 1. The predicted octanol–water partition coefficient (Wildman–Crippen LogP) is 5.31. The highest BCUT2D eigenvalue weighted by Crippen LogP contribution is 2.29. The summed E-state index contributed by atoms with van der Waals surface area (Å²) in [6, 6.07) is 6.16. The Kier molecular flexibility index (Phi) is 5.44.